The van der Waals surface area contributed by atoms with Crippen molar-refractivity contribution in [3.05, 3.63) is 34.5 Å². The molecule has 20 heavy (non-hydrogen) atoms. The van der Waals surface area contributed by atoms with E-state index in [4.69, 9.17) is 0 Å². The Bertz CT molecular complexity index is 571. The van der Waals surface area contributed by atoms with Crippen LogP contribution in [0.3, 0.4) is 0 Å². The number of carbonyl (C=O) groups is 1. The zero-order chi connectivity index (χ0) is 13.9. The molecule has 3 heterocycles. The number of aryl methyl sites for hydroxylation is 1. The maximum absolute atomic E-state index is 12.3. The zero-order valence-corrected chi connectivity index (χ0v) is 12.2. The number of hydrogen-bond donors (Lipinski definition) is 0. The number of aromatic nitrogens is 3. The monoisotopic (exact) mass is 291 g/mol. The predicted molar refractivity (Wildman–Crippen MR) is 76.5 cm³/mol. The van der Waals surface area contributed by atoms with E-state index in [1.165, 1.54) is 0 Å². The van der Waals surface area contributed by atoms with Gasteiger partial charge in [0.25, 0.3) is 5.91 Å². The van der Waals surface area contributed by atoms with E-state index in [0.717, 1.165) is 38.4 Å². The standard InChI is InChI=1S/C13H17N5OS/c1-16-7-11(6-15-16)13(19)18-4-2-17(3-5-18)8-12-9-20-10-14-12/h6-7,9-10H,2-5,8H2,1H3. The Morgan fingerprint density at radius 1 is 1.35 bits per heavy atom. The van der Waals surface area contributed by atoms with Crippen LogP contribution in [0.2, 0.25) is 0 Å². The fraction of sp³-hybridized carbons (Fsp3) is 0.462. The summed E-state index contributed by atoms with van der Waals surface area (Å²) in [5.41, 5.74) is 3.64. The molecular weight excluding hydrogens is 274 g/mol. The van der Waals surface area contributed by atoms with Crippen molar-refractivity contribution in [2.45, 2.75) is 6.54 Å². The number of nitrogens with zero attached hydrogens (tertiary/aromatic N) is 5. The first-order chi connectivity index (χ1) is 9.72. The second-order valence-corrected chi connectivity index (χ2v) is 5.67. The maximum Gasteiger partial charge on any atom is 0.257 e. The lowest BCUT2D eigenvalue weighted by Crippen LogP contribution is -2.48. The summed E-state index contributed by atoms with van der Waals surface area (Å²) in [6, 6.07) is 0. The van der Waals surface area contributed by atoms with Gasteiger partial charge in [0, 0.05) is 51.3 Å². The van der Waals surface area contributed by atoms with Crippen LogP contribution in [0, 0.1) is 0 Å². The first-order valence-corrected chi connectivity index (χ1v) is 7.54. The van der Waals surface area contributed by atoms with Gasteiger partial charge in [0.1, 0.15) is 0 Å². The molecular formula is C13H17N5OS. The summed E-state index contributed by atoms with van der Waals surface area (Å²) in [4.78, 5) is 20.8. The summed E-state index contributed by atoms with van der Waals surface area (Å²) in [6.07, 6.45) is 3.40. The number of thiazole rings is 1. The van der Waals surface area contributed by atoms with E-state index in [9.17, 15) is 4.79 Å². The van der Waals surface area contributed by atoms with Crippen molar-refractivity contribution in [1.29, 1.82) is 0 Å². The van der Waals surface area contributed by atoms with Crippen molar-refractivity contribution < 1.29 is 4.79 Å². The zero-order valence-electron chi connectivity index (χ0n) is 11.4. The molecule has 0 radical (unpaired) electrons. The molecule has 106 valence electrons. The molecule has 2 aromatic rings. The van der Waals surface area contributed by atoms with Gasteiger partial charge in [0.15, 0.2) is 0 Å². The number of carbonyl (C=O) groups excluding carboxylic acids is 1. The molecule has 1 amide bonds. The largest absolute Gasteiger partial charge is 0.336 e. The van der Waals surface area contributed by atoms with Crippen LogP contribution in [0.5, 0.6) is 0 Å². The molecule has 2 aromatic heterocycles. The summed E-state index contributed by atoms with van der Waals surface area (Å²) in [5, 5.41) is 6.13. The Morgan fingerprint density at radius 2 is 2.15 bits per heavy atom. The highest BCUT2D eigenvalue weighted by molar-refractivity contribution is 7.07. The molecule has 7 heteroatoms. The Hall–Kier alpha value is -1.73. The third kappa shape index (κ3) is 2.88. The van der Waals surface area contributed by atoms with E-state index in [1.807, 2.05) is 17.5 Å². The van der Waals surface area contributed by atoms with E-state index in [-0.39, 0.29) is 5.91 Å². The molecule has 1 saturated heterocycles. The molecule has 3 rings (SSSR count). The Labute approximate surface area is 121 Å². The Balaban J connectivity index is 1.54. The molecule has 1 fully saturated rings. The second kappa shape index (κ2) is 5.72. The Kier molecular flexibility index (Phi) is 3.79. The van der Waals surface area contributed by atoms with Crippen LogP contribution >= 0.6 is 11.3 Å². The van der Waals surface area contributed by atoms with Gasteiger partial charge in [-0.1, -0.05) is 0 Å². The molecule has 1 aliphatic rings. The van der Waals surface area contributed by atoms with Crippen LogP contribution in [0.1, 0.15) is 16.1 Å². The third-order valence-corrected chi connectivity index (χ3v) is 4.12. The molecule has 0 N–H and O–H groups in total. The first-order valence-electron chi connectivity index (χ1n) is 6.60. The van der Waals surface area contributed by atoms with Crippen molar-refractivity contribution in [3.63, 3.8) is 0 Å². The van der Waals surface area contributed by atoms with Crippen molar-refractivity contribution in [2.75, 3.05) is 26.2 Å². The quantitative estimate of drug-likeness (QED) is 0.841. The van der Waals surface area contributed by atoms with Gasteiger partial charge in [-0.15, -0.1) is 11.3 Å². The van der Waals surface area contributed by atoms with Crippen LogP contribution in [-0.2, 0) is 13.6 Å². The van der Waals surface area contributed by atoms with Crippen molar-refractivity contribution in [3.8, 4) is 0 Å². The average Bonchev–Trinajstić information content (AvgIpc) is 3.10. The molecule has 0 bridgehead atoms. The van der Waals surface area contributed by atoms with Crippen LogP contribution in [-0.4, -0.2) is 56.7 Å². The molecule has 0 aromatic carbocycles. The van der Waals surface area contributed by atoms with E-state index < -0.39 is 0 Å². The summed E-state index contributed by atoms with van der Waals surface area (Å²) < 4.78 is 1.66. The maximum atomic E-state index is 12.3. The lowest BCUT2D eigenvalue weighted by atomic mass is 10.2. The summed E-state index contributed by atoms with van der Waals surface area (Å²) >= 11 is 1.62. The highest BCUT2D eigenvalue weighted by Gasteiger charge is 2.23. The number of piperazine rings is 1. The van der Waals surface area contributed by atoms with Crippen molar-refractivity contribution in [1.82, 2.24) is 24.6 Å². The van der Waals surface area contributed by atoms with Gasteiger partial charge >= 0.3 is 0 Å². The fourth-order valence-electron chi connectivity index (χ4n) is 2.37. The van der Waals surface area contributed by atoms with Crippen LogP contribution in [0.25, 0.3) is 0 Å². The van der Waals surface area contributed by atoms with Crippen molar-refractivity contribution >= 4 is 17.2 Å². The molecule has 0 atom stereocenters. The minimum absolute atomic E-state index is 0.0754. The molecule has 0 saturated carbocycles. The minimum Gasteiger partial charge on any atom is -0.336 e. The summed E-state index contributed by atoms with van der Waals surface area (Å²) in [6.45, 7) is 4.18. The van der Waals surface area contributed by atoms with E-state index in [2.05, 4.69) is 20.4 Å². The van der Waals surface area contributed by atoms with E-state index in [0.29, 0.717) is 5.56 Å². The van der Waals surface area contributed by atoms with Gasteiger partial charge in [-0.3, -0.25) is 14.4 Å². The van der Waals surface area contributed by atoms with Crippen LogP contribution < -0.4 is 0 Å². The minimum atomic E-state index is 0.0754. The SMILES string of the molecule is Cn1cc(C(=O)N2CCN(Cc3cscn3)CC2)cn1. The third-order valence-electron chi connectivity index (χ3n) is 3.48. The van der Waals surface area contributed by atoms with Crippen LogP contribution in [0.4, 0.5) is 0 Å². The van der Waals surface area contributed by atoms with E-state index >= 15 is 0 Å². The van der Waals surface area contributed by atoms with Gasteiger partial charge in [0.2, 0.25) is 0 Å². The second-order valence-electron chi connectivity index (χ2n) is 4.95. The summed E-state index contributed by atoms with van der Waals surface area (Å²) in [7, 11) is 1.82. The fourth-order valence-corrected chi connectivity index (χ4v) is 2.92. The normalized spacial score (nSPS) is 16.6. The lowest BCUT2D eigenvalue weighted by molar-refractivity contribution is 0.0627. The number of rotatable bonds is 3. The van der Waals surface area contributed by atoms with Crippen molar-refractivity contribution in [2.24, 2.45) is 7.05 Å². The first kappa shape index (κ1) is 13.3. The highest BCUT2D eigenvalue weighted by Crippen LogP contribution is 2.11. The molecule has 1 aliphatic heterocycles. The number of hydrogen-bond acceptors (Lipinski definition) is 5. The van der Waals surface area contributed by atoms with Gasteiger partial charge < -0.3 is 4.90 Å². The average molecular weight is 291 g/mol. The molecule has 0 unspecified atom stereocenters. The Morgan fingerprint density at radius 3 is 2.75 bits per heavy atom. The summed E-state index contributed by atoms with van der Waals surface area (Å²) in [5.74, 6) is 0.0754. The molecule has 0 aliphatic carbocycles. The van der Waals surface area contributed by atoms with Gasteiger partial charge in [-0.05, 0) is 0 Å². The van der Waals surface area contributed by atoms with Gasteiger partial charge in [-0.2, -0.15) is 5.10 Å². The molecule has 0 spiro atoms. The van der Waals surface area contributed by atoms with Gasteiger partial charge in [0.05, 0.1) is 23.0 Å². The van der Waals surface area contributed by atoms with Crippen LogP contribution in [0.15, 0.2) is 23.3 Å². The van der Waals surface area contributed by atoms with E-state index in [1.54, 1.807) is 28.4 Å². The predicted octanol–water partition coefficient (Wildman–Crippen LogP) is 0.835. The highest BCUT2D eigenvalue weighted by atomic mass is 32.1. The molecule has 6 nitrogen and oxygen atoms in total. The lowest BCUT2D eigenvalue weighted by Gasteiger charge is -2.34. The number of amides is 1. The smallest absolute Gasteiger partial charge is 0.257 e. The topological polar surface area (TPSA) is 54.3 Å². The van der Waals surface area contributed by atoms with Gasteiger partial charge in [-0.25, -0.2) is 4.98 Å².